The Balaban J connectivity index is 1.68. The minimum atomic E-state index is -0.447. The van der Waals surface area contributed by atoms with Crippen LogP contribution in [0.3, 0.4) is 0 Å². The van der Waals surface area contributed by atoms with Crippen molar-refractivity contribution in [1.82, 2.24) is 15.3 Å². The number of anilines is 1. The average Bonchev–Trinajstić information content (AvgIpc) is 2.66. The molecule has 0 aliphatic rings. The van der Waals surface area contributed by atoms with Crippen molar-refractivity contribution in [3.05, 3.63) is 88.9 Å². The lowest BCUT2D eigenvalue weighted by Gasteiger charge is -2.10. The molecule has 1 aromatic heterocycles. The molecule has 1 heterocycles. The van der Waals surface area contributed by atoms with Crippen molar-refractivity contribution in [2.75, 3.05) is 5.32 Å². The maximum Gasteiger partial charge on any atom is 0.270 e. The van der Waals surface area contributed by atoms with Crippen LogP contribution in [0.4, 0.5) is 14.6 Å². The van der Waals surface area contributed by atoms with Gasteiger partial charge in [-0.3, -0.25) is 4.79 Å². The summed E-state index contributed by atoms with van der Waals surface area (Å²) in [5.74, 6) is -0.355. The lowest BCUT2D eigenvalue weighted by atomic mass is 10.2. The first kappa shape index (κ1) is 18.4. The van der Waals surface area contributed by atoms with Gasteiger partial charge in [0.1, 0.15) is 29.0 Å². The van der Waals surface area contributed by atoms with Crippen LogP contribution in [0.25, 0.3) is 0 Å². The molecular formula is C20H18F2N4O. The summed E-state index contributed by atoms with van der Waals surface area (Å²) in [5.41, 5.74) is 1.02. The Morgan fingerprint density at radius 3 is 2.15 bits per heavy atom. The van der Waals surface area contributed by atoms with Crippen molar-refractivity contribution in [2.45, 2.75) is 20.0 Å². The molecule has 0 unspecified atom stereocenters. The largest absolute Gasteiger partial charge is 0.366 e. The smallest absolute Gasteiger partial charge is 0.270 e. The number of halogens is 2. The highest BCUT2D eigenvalue weighted by Crippen LogP contribution is 2.12. The van der Waals surface area contributed by atoms with Gasteiger partial charge >= 0.3 is 0 Å². The van der Waals surface area contributed by atoms with Crippen LogP contribution in [0.2, 0.25) is 0 Å². The lowest BCUT2D eigenvalue weighted by Crippen LogP contribution is -2.25. The summed E-state index contributed by atoms with van der Waals surface area (Å²) in [6, 6.07) is 14.1. The molecule has 7 heteroatoms. The normalized spacial score (nSPS) is 10.5. The van der Waals surface area contributed by atoms with E-state index >= 15 is 0 Å². The predicted octanol–water partition coefficient (Wildman–Crippen LogP) is 3.61. The van der Waals surface area contributed by atoms with Crippen molar-refractivity contribution in [2.24, 2.45) is 0 Å². The zero-order valence-electron chi connectivity index (χ0n) is 14.7. The molecule has 0 bridgehead atoms. The number of benzene rings is 2. The summed E-state index contributed by atoms with van der Waals surface area (Å²) in [7, 11) is 0. The van der Waals surface area contributed by atoms with Gasteiger partial charge in [-0.05, 0) is 19.1 Å². The van der Waals surface area contributed by atoms with Gasteiger partial charge < -0.3 is 10.6 Å². The Labute approximate surface area is 155 Å². The monoisotopic (exact) mass is 368 g/mol. The molecule has 1 amide bonds. The Bertz CT molecular complexity index is 962. The summed E-state index contributed by atoms with van der Waals surface area (Å²) in [5, 5.41) is 5.63. The molecule has 0 saturated carbocycles. The summed E-state index contributed by atoms with van der Waals surface area (Å²) in [6.07, 6.45) is 0. The number of carbonyl (C=O) groups excluding carboxylic acids is 1. The van der Waals surface area contributed by atoms with Crippen molar-refractivity contribution in [1.29, 1.82) is 0 Å². The fraction of sp³-hybridized carbons (Fsp3) is 0.150. The minimum absolute atomic E-state index is 0.0482. The van der Waals surface area contributed by atoms with Gasteiger partial charge in [0.2, 0.25) is 0 Å². The van der Waals surface area contributed by atoms with E-state index in [1.54, 1.807) is 43.3 Å². The lowest BCUT2D eigenvalue weighted by molar-refractivity contribution is 0.0945. The molecule has 0 fully saturated rings. The standard InChI is InChI=1S/C20H18F2N4O/c1-13-25-18(20(27)24-12-15-7-3-5-9-17(15)22)10-19(26-13)23-11-14-6-2-4-8-16(14)21/h2-10H,11-12H2,1H3,(H,24,27)(H,23,25,26). The summed E-state index contributed by atoms with van der Waals surface area (Å²) in [4.78, 5) is 20.7. The van der Waals surface area contributed by atoms with Gasteiger partial charge in [-0.2, -0.15) is 0 Å². The van der Waals surface area contributed by atoms with Crippen molar-refractivity contribution >= 4 is 11.7 Å². The topological polar surface area (TPSA) is 66.9 Å². The van der Waals surface area contributed by atoms with Crippen LogP contribution in [0.1, 0.15) is 27.4 Å². The van der Waals surface area contributed by atoms with E-state index in [4.69, 9.17) is 0 Å². The minimum Gasteiger partial charge on any atom is -0.366 e. The van der Waals surface area contributed by atoms with Gasteiger partial charge in [0.05, 0.1) is 0 Å². The SMILES string of the molecule is Cc1nc(NCc2ccccc2F)cc(C(=O)NCc2ccccc2F)n1. The highest BCUT2D eigenvalue weighted by molar-refractivity contribution is 5.92. The Morgan fingerprint density at radius 1 is 0.926 bits per heavy atom. The third kappa shape index (κ3) is 4.84. The number of amides is 1. The molecule has 0 saturated heterocycles. The van der Waals surface area contributed by atoms with E-state index in [0.717, 1.165) is 0 Å². The molecule has 3 aromatic rings. The number of rotatable bonds is 6. The molecule has 0 aliphatic heterocycles. The first-order chi connectivity index (χ1) is 13.0. The van der Waals surface area contributed by atoms with E-state index < -0.39 is 5.91 Å². The van der Waals surface area contributed by atoms with E-state index in [-0.39, 0.29) is 30.4 Å². The molecule has 5 nitrogen and oxygen atoms in total. The van der Waals surface area contributed by atoms with Gasteiger partial charge in [-0.15, -0.1) is 0 Å². The van der Waals surface area contributed by atoms with Gasteiger partial charge in [-0.1, -0.05) is 36.4 Å². The number of hydrogen-bond donors (Lipinski definition) is 2. The number of nitrogens with one attached hydrogen (secondary N) is 2. The fourth-order valence-electron chi connectivity index (χ4n) is 2.51. The highest BCUT2D eigenvalue weighted by atomic mass is 19.1. The Morgan fingerprint density at radius 2 is 1.52 bits per heavy atom. The maximum atomic E-state index is 13.7. The van der Waals surface area contributed by atoms with Gasteiger partial charge in [0.25, 0.3) is 5.91 Å². The van der Waals surface area contributed by atoms with Crippen LogP contribution < -0.4 is 10.6 Å². The first-order valence-electron chi connectivity index (χ1n) is 8.37. The second-order valence-corrected chi connectivity index (χ2v) is 5.90. The molecule has 0 aliphatic carbocycles. The van der Waals surface area contributed by atoms with E-state index in [1.165, 1.54) is 18.2 Å². The van der Waals surface area contributed by atoms with E-state index in [9.17, 15) is 13.6 Å². The molecule has 0 radical (unpaired) electrons. The highest BCUT2D eigenvalue weighted by Gasteiger charge is 2.12. The number of hydrogen-bond acceptors (Lipinski definition) is 4. The van der Waals surface area contributed by atoms with Crippen LogP contribution in [-0.4, -0.2) is 15.9 Å². The van der Waals surface area contributed by atoms with E-state index in [0.29, 0.717) is 22.8 Å². The second kappa shape index (κ2) is 8.35. The Kier molecular flexibility index (Phi) is 5.71. The van der Waals surface area contributed by atoms with Crippen LogP contribution in [0.15, 0.2) is 54.6 Å². The van der Waals surface area contributed by atoms with Crippen LogP contribution in [-0.2, 0) is 13.1 Å². The van der Waals surface area contributed by atoms with Crippen molar-refractivity contribution in [3.8, 4) is 0 Å². The summed E-state index contributed by atoms with van der Waals surface area (Å²) < 4.78 is 27.4. The van der Waals surface area contributed by atoms with Crippen LogP contribution >= 0.6 is 0 Å². The molecule has 138 valence electrons. The molecule has 2 N–H and O–H groups in total. The molecule has 2 aromatic carbocycles. The van der Waals surface area contributed by atoms with Gasteiger partial charge in [-0.25, -0.2) is 18.7 Å². The first-order valence-corrected chi connectivity index (χ1v) is 8.37. The Hall–Kier alpha value is -3.35. The zero-order valence-corrected chi connectivity index (χ0v) is 14.7. The molecular weight excluding hydrogens is 350 g/mol. The average molecular weight is 368 g/mol. The summed E-state index contributed by atoms with van der Waals surface area (Å²) >= 11 is 0. The third-order valence-electron chi connectivity index (χ3n) is 3.89. The molecule has 27 heavy (non-hydrogen) atoms. The van der Waals surface area contributed by atoms with Crippen LogP contribution in [0, 0.1) is 18.6 Å². The second-order valence-electron chi connectivity index (χ2n) is 5.90. The summed E-state index contributed by atoms with van der Waals surface area (Å²) in [6.45, 7) is 1.92. The fourth-order valence-corrected chi connectivity index (χ4v) is 2.51. The molecule has 3 rings (SSSR count). The third-order valence-corrected chi connectivity index (χ3v) is 3.89. The predicted molar refractivity (Wildman–Crippen MR) is 98.1 cm³/mol. The van der Waals surface area contributed by atoms with E-state index in [2.05, 4.69) is 20.6 Å². The number of aryl methyl sites for hydroxylation is 1. The van der Waals surface area contributed by atoms with Crippen molar-refractivity contribution in [3.63, 3.8) is 0 Å². The van der Waals surface area contributed by atoms with Crippen LogP contribution in [0.5, 0.6) is 0 Å². The van der Waals surface area contributed by atoms with Gasteiger partial charge in [0, 0.05) is 30.3 Å². The molecule has 0 atom stereocenters. The maximum absolute atomic E-state index is 13.7. The molecule has 0 spiro atoms. The zero-order chi connectivity index (χ0) is 19.2. The van der Waals surface area contributed by atoms with Crippen molar-refractivity contribution < 1.29 is 13.6 Å². The number of aromatic nitrogens is 2. The number of carbonyl (C=O) groups is 1. The quantitative estimate of drug-likeness (QED) is 0.698. The van der Waals surface area contributed by atoms with Gasteiger partial charge in [0.15, 0.2) is 0 Å². The van der Waals surface area contributed by atoms with E-state index in [1.807, 2.05) is 0 Å². The number of nitrogens with zero attached hydrogens (tertiary/aromatic N) is 2.